The molecule has 1 atom stereocenters. The average molecular weight is 319 g/mol. The van der Waals surface area contributed by atoms with Crippen LogP contribution in [0, 0.1) is 5.92 Å². The van der Waals surface area contributed by atoms with Gasteiger partial charge in [-0.2, -0.15) is 0 Å². The number of ether oxygens (including phenoxy) is 3. The first-order chi connectivity index (χ1) is 11.1. The molecule has 1 aliphatic rings. The molecule has 5 heteroatoms. The van der Waals surface area contributed by atoms with Gasteiger partial charge in [0.2, 0.25) is 0 Å². The SMILES string of the molecule is C=CCOc1ccccc1OC(CNC(C)C)OC(=O)C1CC1. The van der Waals surface area contributed by atoms with Crippen LogP contribution in [0.4, 0.5) is 0 Å². The molecule has 1 unspecified atom stereocenters. The highest BCUT2D eigenvalue weighted by Crippen LogP contribution is 2.32. The maximum absolute atomic E-state index is 11.9. The van der Waals surface area contributed by atoms with Gasteiger partial charge in [0.25, 0.3) is 6.29 Å². The summed E-state index contributed by atoms with van der Waals surface area (Å²) in [5, 5.41) is 3.23. The molecule has 0 spiro atoms. The molecule has 2 rings (SSSR count). The van der Waals surface area contributed by atoms with E-state index in [4.69, 9.17) is 14.2 Å². The van der Waals surface area contributed by atoms with Gasteiger partial charge in [0.1, 0.15) is 6.61 Å². The third-order valence-electron chi connectivity index (χ3n) is 3.32. The number of rotatable bonds is 10. The number of hydrogen-bond donors (Lipinski definition) is 1. The molecule has 1 fully saturated rings. The summed E-state index contributed by atoms with van der Waals surface area (Å²) in [4.78, 5) is 11.9. The van der Waals surface area contributed by atoms with E-state index in [0.29, 0.717) is 24.7 Å². The topological polar surface area (TPSA) is 56.8 Å². The lowest BCUT2D eigenvalue weighted by Crippen LogP contribution is -2.38. The Morgan fingerprint density at radius 3 is 2.65 bits per heavy atom. The molecule has 5 nitrogen and oxygen atoms in total. The van der Waals surface area contributed by atoms with Crippen LogP contribution in [-0.4, -0.2) is 31.5 Å². The average Bonchev–Trinajstić information content (AvgIpc) is 3.36. The maximum atomic E-state index is 11.9. The highest BCUT2D eigenvalue weighted by Gasteiger charge is 2.33. The largest absolute Gasteiger partial charge is 0.486 e. The Labute approximate surface area is 137 Å². The van der Waals surface area contributed by atoms with E-state index in [2.05, 4.69) is 11.9 Å². The summed E-state index contributed by atoms with van der Waals surface area (Å²) >= 11 is 0. The van der Waals surface area contributed by atoms with Gasteiger partial charge >= 0.3 is 5.97 Å². The number of hydrogen-bond acceptors (Lipinski definition) is 5. The number of benzene rings is 1. The minimum atomic E-state index is -0.681. The van der Waals surface area contributed by atoms with Crippen LogP contribution in [0.25, 0.3) is 0 Å². The van der Waals surface area contributed by atoms with E-state index in [9.17, 15) is 4.79 Å². The van der Waals surface area contributed by atoms with Crippen molar-refractivity contribution in [3.05, 3.63) is 36.9 Å². The third kappa shape index (κ3) is 5.94. The molecule has 126 valence electrons. The molecule has 0 aliphatic heterocycles. The zero-order valence-electron chi connectivity index (χ0n) is 13.8. The summed E-state index contributed by atoms with van der Waals surface area (Å²) in [6.45, 7) is 8.50. The number of carbonyl (C=O) groups is 1. The Kier molecular flexibility index (Phi) is 6.47. The second-order valence-corrected chi connectivity index (χ2v) is 5.87. The molecule has 23 heavy (non-hydrogen) atoms. The maximum Gasteiger partial charge on any atom is 0.312 e. The van der Waals surface area contributed by atoms with Crippen LogP contribution in [-0.2, 0) is 9.53 Å². The molecule has 1 N–H and O–H groups in total. The lowest BCUT2D eigenvalue weighted by Gasteiger charge is -2.22. The molecule has 0 bridgehead atoms. The van der Waals surface area contributed by atoms with Gasteiger partial charge in [-0.15, -0.1) is 0 Å². The fourth-order valence-electron chi connectivity index (χ4n) is 1.94. The predicted molar refractivity (Wildman–Crippen MR) is 88.5 cm³/mol. The van der Waals surface area contributed by atoms with Crippen molar-refractivity contribution >= 4 is 5.97 Å². The first-order valence-corrected chi connectivity index (χ1v) is 8.03. The van der Waals surface area contributed by atoms with Crippen molar-refractivity contribution in [1.82, 2.24) is 5.32 Å². The van der Waals surface area contributed by atoms with Crippen LogP contribution in [0.1, 0.15) is 26.7 Å². The molecule has 0 heterocycles. The standard InChI is InChI=1S/C18H25NO4/c1-4-11-21-15-7-5-6-8-16(15)22-17(12-19-13(2)3)23-18(20)14-9-10-14/h4-8,13-14,17,19H,1,9-12H2,2-3H3. The van der Waals surface area contributed by atoms with E-state index in [1.54, 1.807) is 12.1 Å². The van der Waals surface area contributed by atoms with Crippen molar-refractivity contribution in [3.8, 4) is 11.5 Å². The smallest absolute Gasteiger partial charge is 0.312 e. The summed E-state index contributed by atoms with van der Waals surface area (Å²) in [6, 6.07) is 7.60. The third-order valence-corrected chi connectivity index (χ3v) is 3.32. The molecule has 0 radical (unpaired) electrons. The quantitative estimate of drug-likeness (QED) is 0.408. The first-order valence-electron chi connectivity index (χ1n) is 8.03. The van der Waals surface area contributed by atoms with Crippen LogP contribution in [0.2, 0.25) is 0 Å². The number of nitrogens with one attached hydrogen (secondary N) is 1. The summed E-state index contributed by atoms with van der Waals surface area (Å²) in [5.41, 5.74) is 0. The van der Waals surface area contributed by atoms with Crippen LogP contribution >= 0.6 is 0 Å². The van der Waals surface area contributed by atoms with E-state index in [0.717, 1.165) is 12.8 Å². The van der Waals surface area contributed by atoms with Crippen LogP contribution in [0.15, 0.2) is 36.9 Å². The Bertz CT molecular complexity index is 526. The van der Waals surface area contributed by atoms with Crippen LogP contribution in [0.3, 0.4) is 0 Å². The van der Waals surface area contributed by atoms with Crippen molar-refractivity contribution in [2.24, 2.45) is 5.92 Å². The summed E-state index contributed by atoms with van der Waals surface area (Å²) < 4.78 is 16.9. The van der Waals surface area contributed by atoms with Crippen molar-refractivity contribution in [2.45, 2.75) is 39.0 Å². The molecule has 0 amide bonds. The van der Waals surface area contributed by atoms with Gasteiger partial charge < -0.3 is 19.5 Å². The highest BCUT2D eigenvalue weighted by atomic mass is 16.7. The van der Waals surface area contributed by atoms with Crippen molar-refractivity contribution in [2.75, 3.05) is 13.2 Å². The highest BCUT2D eigenvalue weighted by molar-refractivity contribution is 5.75. The Morgan fingerprint density at radius 2 is 2.04 bits per heavy atom. The van der Waals surface area contributed by atoms with Crippen molar-refractivity contribution in [3.63, 3.8) is 0 Å². The fraction of sp³-hybridized carbons (Fsp3) is 0.500. The van der Waals surface area contributed by atoms with Gasteiger partial charge in [0, 0.05) is 6.04 Å². The summed E-state index contributed by atoms with van der Waals surface area (Å²) in [6.07, 6.45) is 2.80. The number of carbonyl (C=O) groups excluding carboxylic acids is 1. The Hall–Kier alpha value is -2.01. The van der Waals surface area contributed by atoms with E-state index in [1.807, 2.05) is 32.0 Å². The summed E-state index contributed by atoms with van der Waals surface area (Å²) in [7, 11) is 0. The van der Waals surface area contributed by atoms with E-state index in [-0.39, 0.29) is 17.9 Å². The zero-order chi connectivity index (χ0) is 16.7. The minimum absolute atomic E-state index is 0.0346. The molecule has 1 saturated carbocycles. The predicted octanol–water partition coefficient (Wildman–Crippen LogP) is 2.91. The molecular formula is C18H25NO4. The van der Waals surface area contributed by atoms with Gasteiger partial charge in [0.05, 0.1) is 12.5 Å². The first kappa shape index (κ1) is 17.3. The van der Waals surface area contributed by atoms with Crippen molar-refractivity contribution < 1.29 is 19.0 Å². The van der Waals surface area contributed by atoms with Crippen molar-refractivity contribution in [1.29, 1.82) is 0 Å². The van der Waals surface area contributed by atoms with Gasteiger partial charge in [-0.3, -0.25) is 4.79 Å². The second-order valence-electron chi connectivity index (χ2n) is 5.87. The van der Waals surface area contributed by atoms with Gasteiger partial charge in [-0.1, -0.05) is 38.6 Å². The normalized spacial score (nSPS) is 15.1. The van der Waals surface area contributed by atoms with Gasteiger partial charge in [-0.25, -0.2) is 0 Å². The molecular weight excluding hydrogens is 294 g/mol. The minimum Gasteiger partial charge on any atom is -0.486 e. The monoisotopic (exact) mass is 319 g/mol. The lowest BCUT2D eigenvalue weighted by molar-refractivity contribution is -0.165. The van der Waals surface area contributed by atoms with E-state index in [1.165, 1.54) is 0 Å². The van der Waals surface area contributed by atoms with E-state index < -0.39 is 6.29 Å². The number of esters is 1. The Balaban J connectivity index is 2.02. The Morgan fingerprint density at radius 1 is 1.35 bits per heavy atom. The molecule has 1 aromatic rings. The molecule has 1 aliphatic carbocycles. The zero-order valence-corrected chi connectivity index (χ0v) is 13.8. The van der Waals surface area contributed by atoms with Crippen LogP contribution in [0.5, 0.6) is 11.5 Å². The number of para-hydroxylation sites is 2. The van der Waals surface area contributed by atoms with Crippen LogP contribution < -0.4 is 14.8 Å². The fourth-order valence-corrected chi connectivity index (χ4v) is 1.94. The lowest BCUT2D eigenvalue weighted by atomic mass is 10.3. The van der Waals surface area contributed by atoms with E-state index >= 15 is 0 Å². The van der Waals surface area contributed by atoms with Gasteiger partial charge in [0.15, 0.2) is 11.5 Å². The molecule has 0 aromatic heterocycles. The summed E-state index contributed by atoms with van der Waals surface area (Å²) in [5.74, 6) is 0.996. The van der Waals surface area contributed by atoms with Gasteiger partial charge in [-0.05, 0) is 25.0 Å². The second kappa shape index (κ2) is 8.58. The molecule has 0 saturated heterocycles. The molecule has 1 aromatic carbocycles.